The standard InChI is InChI=1S/C21H19FN2O2S2/c1-13-20(28-19(23-13)12-26-15-8-6-14(22)7-9-15)21(25)24-17-10-11-27-18-5-3-2-4-16(17)18/h2-9,17H,10-12H2,1H3,(H,24,25)/t17-/m0/s1. The zero-order valence-corrected chi connectivity index (χ0v) is 16.9. The molecule has 0 bridgehead atoms. The van der Waals surface area contributed by atoms with Gasteiger partial charge in [0.25, 0.3) is 5.91 Å². The molecule has 0 saturated carbocycles. The number of rotatable bonds is 5. The quantitative estimate of drug-likeness (QED) is 0.628. The fourth-order valence-electron chi connectivity index (χ4n) is 3.12. The zero-order valence-electron chi connectivity index (χ0n) is 15.3. The molecular weight excluding hydrogens is 395 g/mol. The number of ether oxygens (including phenoxy) is 1. The van der Waals surface area contributed by atoms with Gasteiger partial charge in [0.05, 0.1) is 11.7 Å². The molecule has 0 saturated heterocycles. The van der Waals surface area contributed by atoms with Crippen molar-refractivity contribution in [3.05, 3.63) is 75.5 Å². The Kier molecular flexibility index (Phi) is 5.64. The van der Waals surface area contributed by atoms with Crippen LogP contribution in [0.5, 0.6) is 5.75 Å². The van der Waals surface area contributed by atoms with E-state index in [0.29, 0.717) is 21.3 Å². The van der Waals surface area contributed by atoms with E-state index >= 15 is 0 Å². The average Bonchev–Trinajstić information content (AvgIpc) is 3.08. The molecule has 144 valence electrons. The molecule has 0 unspecified atom stereocenters. The van der Waals surface area contributed by atoms with Crippen LogP contribution in [0, 0.1) is 12.7 Å². The Morgan fingerprint density at radius 2 is 2.04 bits per heavy atom. The van der Waals surface area contributed by atoms with E-state index in [1.54, 1.807) is 12.1 Å². The number of thiazole rings is 1. The van der Waals surface area contributed by atoms with Gasteiger partial charge in [-0.05, 0) is 49.2 Å². The van der Waals surface area contributed by atoms with Crippen LogP contribution in [0.2, 0.25) is 0 Å². The average molecular weight is 415 g/mol. The molecule has 1 aromatic heterocycles. The van der Waals surface area contributed by atoms with E-state index in [4.69, 9.17) is 4.74 Å². The van der Waals surface area contributed by atoms with Gasteiger partial charge in [0.2, 0.25) is 0 Å². The van der Waals surface area contributed by atoms with Crippen molar-refractivity contribution in [3.63, 3.8) is 0 Å². The highest BCUT2D eigenvalue weighted by atomic mass is 32.2. The van der Waals surface area contributed by atoms with Crippen LogP contribution in [0.15, 0.2) is 53.4 Å². The maximum Gasteiger partial charge on any atom is 0.263 e. The number of aromatic nitrogens is 1. The molecule has 3 aromatic rings. The molecule has 0 radical (unpaired) electrons. The van der Waals surface area contributed by atoms with Crippen LogP contribution in [0.25, 0.3) is 0 Å². The number of benzene rings is 2. The maximum atomic E-state index is 13.0. The monoisotopic (exact) mass is 414 g/mol. The minimum Gasteiger partial charge on any atom is -0.486 e. The normalized spacial score (nSPS) is 15.7. The Morgan fingerprint density at radius 3 is 2.86 bits per heavy atom. The van der Waals surface area contributed by atoms with Crippen molar-refractivity contribution < 1.29 is 13.9 Å². The molecule has 4 nitrogen and oxygen atoms in total. The summed E-state index contributed by atoms with van der Waals surface area (Å²) in [5, 5.41) is 3.88. The van der Waals surface area contributed by atoms with E-state index in [0.717, 1.165) is 12.2 Å². The van der Waals surface area contributed by atoms with E-state index in [-0.39, 0.29) is 24.4 Å². The van der Waals surface area contributed by atoms with Gasteiger partial charge in [-0.1, -0.05) is 18.2 Å². The van der Waals surface area contributed by atoms with E-state index < -0.39 is 0 Å². The molecule has 1 amide bonds. The van der Waals surface area contributed by atoms with Crippen molar-refractivity contribution in [2.24, 2.45) is 0 Å². The van der Waals surface area contributed by atoms with Crippen LogP contribution < -0.4 is 10.1 Å². The van der Waals surface area contributed by atoms with Gasteiger partial charge in [0.1, 0.15) is 28.1 Å². The summed E-state index contributed by atoms with van der Waals surface area (Å²) in [6, 6.07) is 14.1. The number of halogens is 1. The second-order valence-corrected chi connectivity index (χ2v) is 8.69. The molecule has 28 heavy (non-hydrogen) atoms. The molecule has 0 spiro atoms. The second-order valence-electron chi connectivity index (χ2n) is 6.47. The molecule has 4 rings (SSSR count). The summed E-state index contributed by atoms with van der Waals surface area (Å²) >= 11 is 3.16. The van der Waals surface area contributed by atoms with Crippen molar-refractivity contribution >= 4 is 29.0 Å². The van der Waals surface area contributed by atoms with Gasteiger partial charge in [0.15, 0.2) is 0 Å². The van der Waals surface area contributed by atoms with Gasteiger partial charge >= 0.3 is 0 Å². The number of nitrogens with one attached hydrogen (secondary N) is 1. The number of hydrogen-bond acceptors (Lipinski definition) is 5. The van der Waals surface area contributed by atoms with Crippen LogP contribution in [-0.2, 0) is 6.61 Å². The number of carbonyl (C=O) groups is 1. The predicted octanol–water partition coefficient (Wildman–Crippen LogP) is 5.14. The number of thioether (sulfide) groups is 1. The summed E-state index contributed by atoms with van der Waals surface area (Å²) in [5.74, 6) is 1.14. The molecule has 0 aliphatic carbocycles. The highest BCUT2D eigenvalue weighted by molar-refractivity contribution is 7.99. The third-order valence-corrected chi connectivity index (χ3v) is 6.74. The highest BCUT2D eigenvalue weighted by Gasteiger charge is 2.24. The molecule has 1 N–H and O–H groups in total. The molecule has 1 atom stereocenters. The molecule has 2 aromatic carbocycles. The second kappa shape index (κ2) is 8.32. The lowest BCUT2D eigenvalue weighted by Gasteiger charge is -2.25. The number of carbonyl (C=O) groups excluding carboxylic acids is 1. The number of nitrogens with zero attached hydrogens (tertiary/aromatic N) is 1. The summed E-state index contributed by atoms with van der Waals surface area (Å²) in [6.07, 6.45) is 0.909. The molecule has 1 aliphatic rings. The van der Waals surface area contributed by atoms with Crippen molar-refractivity contribution in [2.45, 2.75) is 30.9 Å². The Morgan fingerprint density at radius 1 is 1.25 bits per heavy atom. The highest BCUT2D eigenvalue weighted by Crippen LogP contribution is 2.36. The minimum absolute atomic E-state index is 0.0189. The van der Waals surface area contributed by atoms with Crippen LogP contribution in [0.1, 0.15) is 38.4 Å². The van der Waals surface area contributed by atoms with E-state index in [1.165, 1.54) is 33.9 Å². The Hall–Kier alpha value is -2.38. The minimum atomic E-state index is -0.306. The molecule has 0 fully saturated rings. The van der Waals surface area contributed by atoms with Crippen LogP contribution in [-0.4, -0.2) is 16.6 Å². The number of aryl methyl sites for hydroxylation is 1. The van der Waals surface area contributed by atoms with Crippen molar-refractivity contribution in [1.29, 1.82) is 0 Å². The summed E-state index contributed by atoms with van der Waals surface area (Å²) in [7, 11) is 0. The molecule has 2 heterocycles. The smallest absolute Gasteiger partial charge is 0.263 e. The lowest BCUT2D eigenvalue weighted by atomic mass is 10.0. The summed E-state index contributed by atoms with van der Waals surface area (Å²) in [5.41, 5.74) is 1.87. The largest absolute Gasteiger partial charge is 0.486 e. The lowest BCUT2D eigenvalue weighted by molar-refractivity contribution is 0.0938. The van der Waals surface area contributed by atoms with Crippen LogP contribution >= 0.6 is 23.1 Å². The van der Waals surface area contributed by atoms with Gasteiger partial charge in [0, 0.05) is 10.6 Å². The first-order valence-corrected chi connectivity index (χ1v) is 10.8. The van der Waals surface area contributed by atoms with Crippen LogP contribution in [0.3, 0.4) is 0 Å². The van der Waals surface area contributed by atoms with Gasteiger partial charge < -0.3 is 10.1 Å². The van der Waals surface area contributed by atoms with E-state index in [2.05, 4.69) is 22.4 Å². The van der Waals surface area contributed by atoms with E-state index in [1.807, 2.05) is 30.8 Å². The number of hydrogen-bond donors (Lipinski definition) is 1. The number of fused-ring (bicyclic) bond motifs is 1. The molecule has 7 heteroatoms. The van der Waals surface area contributed by atoms with Gasteiger partial charge in [-0.25, -0.2) is 9.37 Å². The van der Waals surface area contributed by atoms with Crippen molar-refractivity contribution in [1.82, 2.24) is 10.3 Å². The molecular formula is C21H19FN2O2S2. The van der Waals surface area contributed by atoms with E-state index in [9.17, 15) is 9.18 Å². The fourth-order valence-corrected chi connectivity index (χ4v) is 5.12. The molecule has 1 aliphatic heterocycles. The van der Waals surface area contributed by atoms with Gasteiger partial charge in [-0.2, -0.15) is 0 Å². The topological polar surface area (TPSA) is 51.2 Å². The van der Waals surface area contributed by atoms with Crippen LogP contribution in [0.4, 0.5) is 4.39 Å². The first-order valence-electron chi connectivity index (χ1n) is 8.97. The first-order chi connectivity index (χ1) is 13.6. The summed E-state index contributed by atoms with van der Waals surface area (Å²) < 4.78 is 18.6. The third kappa shape index (κ3) is 4.20. The first kappa shape index (κ1) is 19.0. The lowest BCUT2D eigenvalue weighted by Crippen LogP contribution is -2.30. The fraction of sp³-hybridized carbons (Fsp3) is 0.238. The third-order valence-electron chi connectivity index (χ3n) is 4.49. The SMILES string of the molecule is Cc1nc(COc2ccc(F)cc2)sc1C(=O)N[C@H]1CCSc2ccccc21. The summed E-state index contributed by atoms with van der Waals surface area (Å²) in [4.78, 5) is 19.1. The Labute approximate surface area is 171 Å². The maximum absolute atomic E-state index is 13.0. The number of amides is 1. The summed E-state index contributed by atoms with van der Waals surface area (Å²) in [6.45, 7) is 2.07. The van der Waals surface area contributed by atoms with Crippen molar-refractivity contribution in [2.75, 3.05) is 5.75 Å². The van der Waals surface area contributed by atoms with Gasteiger partial charge in [-0.3, -0.25) is 4.79 Å². The Balaban J connectivity index is 1.43. The predicted molar refractivity (Wildman–Crippen MR) is 110 cm³/mol. The van der Waals surface area contributed by atoms with Crippen molar-refractivity contribution in [3.8, 4) is 5.75 Å². The van der Waals surface area contributed by atoms with Gasteiger partial charge in [-0.15, -0.1) is 23.1 Å². The Bertz CT molecular complexity index is 988. The zero-order chi connectivity index (χ0) is 19.5.